The number of nitro benzene ring substituents is 1. The van der Waals surface area contributed by atoms with E-state index in [9.17, 15) is 10.1 Å². The van der Waals surface area contributed by atoms with Crippen molar-refractivity contribution in [3.8, 4) is 0 Å². The molecular weight excluding hydrogens is 322 g/mol. The van der Waals surface area contributed by atoms with E-state index in [0.717, 1.165) is 5.56 Å². The Morgan fingerprint density at radius 3 is 2.55 bits per heavy atom. The minimum atomic E-state index is -0.496. The molecule has 0 saturated heterocycles. The summed E-state index contributed by atoms with van der Waals surface area (Å²) in [6.07, 6.45) is 0. The third-order valence-electron chi connectivity index (χ3n) is 2.99. The van der Waals surface area contributed by atoms with E-state index < -0.39 is 4.92 Å². The molecule has 2 rings (SSSR count). The van der Waals surface area contributed by atoms with Crippen molar-refractivity contribution >= 4 is 40.3 Å². The summed E-state index contributed by atoms with van der Waals surface area (Å²) in [5.74, 6) is 0. The molecule has 114 valence electrons. The van der Waals surface area contributed by atoms with E-state index in [2.05, 4.69) is 10.6 Å². The predicted octanol–water partition coefficient (Wildman–Crippen LogP) is 4.04. The standard InChI is InChI=1S/C15H14ClN3O2S/c1-10-2-4-11(5-3-10)9-17-15(22)18-14-7-6-12(19(20)21)8-13(14)16/h2-8H,9H2,1H3,(H2,17,18,22). The minimum Gasteiger partial charge on any atom is -0.358 e. The number of nitrogens with one attached hydrogen (secondary N) is 2. The summed E-state index contributed by atoms with van der Waals surface area (Å²) < 4.78 is 0. The highest BCUT2D eigenvalue weighted by atomic mass is 35.5. The van der Waals surface area contributed by atoms with E-state index in [1.165, 1.54) is 23.8 Å². The van der Waals surface area contributed by atoms with Gasteiger partial charge in [-0.2, -0.15) is 0 Å². The van der Waals surface area contributed by atoms with Crippen molar-refractivity contribution in [1.82, 2.24) is 5.32 Å². The number of aryl methyl sites for hydroxylation is 1. The van der Waals surface area contributed by atoms with E-state index in [4.69, 9.17) is 23.8 Å². The maximum atomic E-state index is 10.7. The molecule has 0 aliphatic heterocycles. The smallest absolute Gasteiger partial charge is 0.271 e. The minimum absolute atomic E-state index is 0.0610. The van der Waals surface area contributed by atoms with E-state index in [-0.39, 0.29) is 10.7 Å². The Bertz CT molecular complexity index is 704. The summed E-state index contributed by atoms with van der Waals surface area (Å²) >= 11 is 11.2. The lowest BCUT2D eigenvalue weighted by Crippen LogP contribution is -2.28. The highest BCUT2D eigenvalue weighted by Gasteiger charge is 2.10. The first kappa shape index (κ1) is 16.2. The first-order valence-corrected chi connectivity index (χ1v) is 7.28. The Kier molecular flexibility index (Phi) is 5.30. The van der Waals surface area contributed by atoms with Crippen molar-refractivity contribution in [2.45, 2.75) is 13.5 Å². The second-order valence-electron chi connectivity index (χ2n) is 4.71. The molecule has 0 unspecified atom stereocenters. The lowest BCUT2D eigenvalue weighted by molar-refractivity contribution is -0.384. The summed E-state index contributed by atoms with van der Waals surface area (Å²) in [4.78, 5) is 10.2. The van der Waals surface area contributed by atoms with Gasteiger partial charge in [0.05, 0.1) is 15.6 Å². The SMILES string of the molecule is Cc1ccc(CNC(=S)Nc2ccc([N+](=O)[O-])cc2Cl)cc1. The Morgan fingerprint density at radius 2 is 1.95 bits per heavy atom. The Labute approximate surface area is 138 Å². The molecule has 7 heteroatoms. The molecule has 22 heavy (non-hydrogen) atoms. The molecule has 0 heterocycles. The van der Waals surface area contributed by atoms with Gasteiger partial charge in [-0.25, -0.2) is 0 Å². The van der Waals surface area contributed by atoms with Gasteiger partial charge in [0, 0.05) is 18.7 Å². The van der Waals surface area contributed by atoms with Gasteiger partial charge in [-0.1, -0.05) is 41.4 Å². The average molecular weight is 336 g/mol. The Balaban J connectivity index is 1.94. The number of halogens is 1. The molecule has 2 N–H and O–H groups in total. The van der Waals surface area contributed by atoms with E-state index in [1.54, 1.807) is 0 Å². The topological polar surface area (TPSA) is 67.2 Å². The quantitative estimate of drug-likeness (QED) is 0.501. The van der Waals surface area contributed by atoms with E-state index >= 15 is 0 Å². The number of nitro groups is 1. The molecule has 0 amide bonds. The van der Waals surface area contributed by atoms with Crippen LogP contribution < -0.4 is 10.6 Å². The molecule has 0 aliphatic carbocycles. The highest BCUT2D eigenvalue weighted by molar-refractivity contribution is 7.80. The normalized spacial score (nSPS) is 10.1. The van der Waals surface area contributed by atoms with Crippen molar-refractivity contribution in [3.63, 3.8) is 0 Å². The molecule has 0 aliphatic rings. The van der Waals surface area contributed by atoms with Crippen molar-refractivity contribution in [2.24, 2.45) is 0 Å². The molecule has 0 aromatic heterocycles. The van der Waals surface area contributed by atoms with Crippen LogP contribution in [0.5, 0.6) is 0 Å². The fraction of sp³-hybridized carbons (Fsp3) is 0.133. The van der Waals surface area contributed by atoms with Crippen LogP contribution >= 0.6 is 23.8 Å². The number of non-ortho nitro benzene ring substituents is 1. The second-order valence-corrected chi connectivity index (χ2v) is 5.53. The highest BCUT2D eigenvalue weighted by Crippen LogP contribution is 2.26. The van der Waals surface area contributed by atoms with Crippen LogP contribution in [0.2, 0.25) is 5.02 Å². The molecule has 2 aromatic rings. The van der Waals surface area contributed by atoms with Crippen molar-refractivity contribution in [3.05, 3.63) is 68.7 Å². The summed E-state index contributed by atoms with van der Waals surface area (Å²) in [6.45, 7) is 2.61. The van der Waals surface area contributed by atoms with Gasteiger partial charge >= 0.3 is 0 Å². The van der Waals surface area contributed by atoms with Gasteiger partial charge in [0.25, 0.3) is 5.69 Å². The lowest BCUT2D eigenvalue weighted by atomic mass is 10.1. The molecule has 2 aromatic carbocycles. The second kappa shape index (κ2) is 7.20. The average Bonchev–Trinajstić information content (AvgIpc) is 2.48. The monoisotopic (exact) mass is 335 g/mol. The summed E-state index contributed by atoms with van der Waals surface area (Å²) in [6, 6.07) is 12.3. The molecule has 0 spiro atoms. The number of benzene rings is 2. The van der Waals surface area contributed by atoms with Gasteiger partial charge in [0.2, 0.25) is 0 Å². The molecule has 0 fully saturated rings. The fourth-order valence-corrected chi connectivity index (χ4v) is 2.18. The van der Waals surface area contributed by atoms with Gasteiger partial charge in [-0.15, -0.1) is 0 Å². The molecule has 0 saturated carbocycles. The molecule has 0 atom stereocenters. The molecule has 0 bridgehead atoms. The lowest BCUT2D eigenvalue weighted by Gasteiger charge is -2.11. The van der Waals surface area contributed by atoms with Crippen molar-refractivity contribution in [1.29, 1.82) is 0 Å². The van der Waals surface area contributed by atoms with Gasteiger partial charge in [-0.05, 0) is 30.8 Å². The predicted molar refractivity (Wildman–Crippen MR) is 92.3 cm³/mol. The number of rotatable bonds is 4. The fourth-order valence-electron chi connectivity index (χ4n) is 1.77. The molecule has 0 radical (unpaired) electrons. The van der Waals surface area contributed by atoms with Crippen LogP contribution in [0.4, 0.5) is 11.4 Å². The summed E-state index contributed by atoms with van der Waals surface area (Å²) in [5.41, 5.74) is 2.76. The third-order valence-corrected chi connectivity index (χ3v) is 3.54. The zero-order valence-corrected chi connectivity index (χ0v) is 13.4. The summed E-state index contributed by atoms with van der Waals surface area (Å²) in [7, 11) is 0. The van der Waals surface area contributed by atoms with Crippen molar-refractivity contribution in [2.75, 3.05) is 5.32 Å². The van der Waals surface area contributed by atoms with Crippen LogP contribution in [0.1, 0.15) is 11.1 Å². The number of hydrogen-bond acceptors (Lipinski definition) is 3. The van der Waals surface area contributed by atoms with Crippen molar-refractivity contribution < 1.29 is 4.92 Å². The van der Waals surface area contributed by atoms with Crippen LogP contribution in [0.25, 0.3) is 0 Å². The van der Waals surface area contributed by atoms with Crippen LogP contribution in [0, 0.1) is 17.0 Å². The van der Waals surface area contributed by atoms with Gasteiger partial charge in [0.15, 0.2) is 5.11 Å². The maximum absolute atomic E-state index is 10.7. The van der Waals surface area contributed by atoms with E-state index in [1.807, 2.05) is 31.2 Å². The Hall–Kier alpha value is -2.18. The Morgan fingerprint density at radius 1 is 1.27 bits per heavy atom. The zero-order chi connectivity index (χ0) is 16.1. The number of hydrogen-bond donors (Lipinski definition) is 2. The van der Waals surface area contributed by atoms with Crippen LogP contribution in [-0.2, 0) is 6.54 Å². The van der Waals surface area contributed by atoms with Gasteiger partial charge in [-0.3, -0.25) is 10.1 Å². The zero-order valence-electron chi connectivity index (χ0n) is 11.8. The maximum Gasteiger partial charge on any atom is 0.271 e. The number of thiocarbonyl (C=S) groups is 1. The van der Waals surface area contributed by atoms with Crippen LogP contribution in [0.3, 0.4) is 0 Å². The number of anilines is 1. The van der Waals surface area contributed by atoms with Gasteiger partial charge in [0.1, 0.15) is 0 Å². The van der Waals surface area contributed by atoms with Gasteiger partial charge < -0.3 is 10.6 Å². The largest absolute Gasteiger partial charge is 0.358 e. The molecule has 5 nitrogen and oxygen atoms in total. The van der Waals surface area contributed by atoms with Crippen LogP contribution in [-0.4, -0.2) is 10.0 Å². The molecular formula is C15H14ClN3O2S. The first-order chi connectivity index (χ1) is 10.5. The summed E-state index contributed by atoms with van der Waals surface area (Å²) in [5, 5.41) is 17.3. The third kappa shape index (κ3) is 4.41. The van der Waals surface area contributed by atoms with E-state index in [0.29, 0.717) is 17.3 Å². The van der Waals surface area contributed by atoms with Crippen LogP contribution in [0.15, 0.2) is 42.5 Å². The number of nitrogens with zero attached hydrogens (tertiary/aromatic N) is 1. The first-order valence-electron chi connectivity index (χ1n) is 6.50.